The van der Waals surface area contributed by atoms with Crippen molar-refractivity contribution in [2.24, 2.45) is 0 Å². The zero-order chi connectivity index (χ0) is 14.8. The predicted molar refractivity (Wildman–Crippen MR) is 81.2 cm³/mol. The number of carbonyl (C=O) groups is 1. The van der Waals surface area contributed by atoms with Crippen LogP contribution in [-0.4, -0.2) is 26.4 Å². The van der Waals surface area contributed by atoms with E-state index in [0.717, 1.165) is 24.0 Å². The highest BCUT2D eigenvalue weighted by Crippen LogP contribution is 2.24. The van der Waals surface area contributed by atoms with Crippen molar-refractivity contribution >= 4 is 16.9 Å². The monoisotopic (exact) mass is 275 g/mol. The van der Waals surface area contributed by atoms with E-state index in [0.29, 0.717) is 5.75 Å². The minimum absolute atomic E-state index is 0.452. The second-order valence-corrected chi connectivity index (χ2v) is 3.90. The van der Waals surface area contributed by atoms with E-state index in [9.17, 15) is 4.79 Å². The minimum Gasteiger partial charge on any atom is -0.410 e. The highest BCUT2D eigenvalue weighted by atomic mass is 16.6. The maximum absolute atomic E-state index is 11.1. The maximum atomic E-state index is 11.1. The van der Waals surface area contributed by atoms with Crippen LogP contribution < -0.4 is 10.1 Å². The Labute approximate surface area is 119 Å². The molecule has 0 bridgehead atoms. The topological polar surface area (TPSA) is 47.6 Å². The standard InChI is InChI=1S/C12H11NO2.C4H10O/c1-13-12(14)15-11-8-4-6-9-5-2-3-7-10(9)11;1-3-5-4-2/h2-8H,1H3,(H,13,14);3-4H2,1-2H3. The molecule has 0 atom stereocenters. The molecule has 2 rings (SSSR count). The highest BCUT2D eigenvalue weighted by molar-refractivity contribution is 5.90. The van der Waals surface area contributed by atoms with Gasteiger partial charge in [0.1, 0.15) is 5.75 Å². The molecule has 4 heteroatoms. The summed E-state index contributed by atoms with van der Waals surface area (Å²) in [4.78, 5) is 11.1. The molecule has 1 N–H and O–H groups in total. The smallest absolute Gasteiger partial charge is 0.410 e. The second kappa shape index (κ2) is 8.93. The fraction of sp³-hybridized carbons (Fsp3) is 0.312. The van der Waals surface area contributed by atoms with Gasteiger partial charge in [-0.15, -0.1) is 0 Å². The molecule has 0 aliphatic heterocycles. The minimum atomic E-state index is -0.452. The second-order valence-electron chi connectivity index (χ2n) is 3.90. The molecule has 0 fully saturated rings. The number of nitrogens with one attached hydrogen (secondary N) is 1. The lowest BCUT2D eigenvalue weighted by Crippen LogP contribution is -2.22. The zero-order valence-electron chi connectivity index (χ0n) is 12.2. The number of benzene rings is 2. The quantitative estimate of drug-likeness (QED) is 0.931. The van der Waals surface area contributed by atoms with E-state index in [-0.39, 0.29) is 0 Å². The van der Waals surface area contributed by atoms with E-state index in [1.165, 1.54) is 7.05 Å². The summed E-state index contributed by atoms with van der Waals surface area (Å²) >= 11 is 0. The van der Waals surface area contributed by atoms with Crippen LogP contribution >= 0.6 is 0 Å². The number of amides is 1. The SMILES string of the molecule is CCOCC.CNC(=O)Oc1cccc2ccccc12. The van der Waals surface area contributed by atoms with Crippen LogP contribution in [-0.2, 0) is 4.74 Å². The number of rotatable bonds is 3. The van der Waals surface area contributed by atoms with E-state index in [1.807, 2.05) is 50.2 Å². The van der Waals surface area contributed by atoms with Crippen LogP contribution in [0.2, 0.25) is 0 Å². The number of hydrogen-bond donors (Lipinski definition) is 1. The Morgan fingerprint density at radius 2 is 1.70 bits per heavy atom. The van der Waals surface area contributed by atoms with Gasteiger partial charge in [-0.05, 0) is 25.3 Å². The van der Waals surface area contributed by atoms with Crippen molar-refractivity contribution in [2.45, 2.75) is 13.8 Å². The Kier molecular flexibility index (Phi) is 7.14. The van der Waals surface area contributed by atoms with Crippen molar-refractivity contribution in [2.75, 3.05) is 20.3 Å². The fourth-order valence-corrected chi connectivity index (χ4v) is 1.64. The van der Waals surface area contributed by atoms with E-state index in [4.69, 9.17) is 9.47 Å². The molecule has 0 aliphatic carbocycles. The van der Waals surface area contributed by atoms with Gasteiger partial charge in [-0.3, -0.25) is 0 Å². The lowest BCUT2D eigenvalue weighted by molar-refractivity contribution is 0.162. The van der Waals surface area contributed by atoms with Gasteiger partial charge in [0, 0.05) is 25.6 Å². The molecule has 0 saturated carbocycles. The van der Waals surface area contributed by atoms with Gasteiger partial charge in [0.15, 0.2) is 0 Å². The third-order valence-corrected chi connectivity index (χ3v) is 2.56. The van der Waals surface area contributed by atoms with Gasteiger partial charge in [0.25, 0.3) is 0 Å². The summed E-state index contributed by atoms with van der Waals surface area (Å²) in [6.07, 6.45) is -0.452. The Morgan fingerprint density at radius 1 is 1.05 bits per heavy atom. The average molecular weight is 275 g/mol. The number of hydrogen-bond acceptors (Lipinski definition) is 3. The normalized spacial score (nSPS) is 9.55. The lowest BCUT2D eigenvalue weighted by atomic mass is 10.1. The first-order valence-electron chi connectivity index (χ1n) is 6.68. The molecule has 0 heterocycles. The molecule has 0 radical (unpaired) electrons. The molecule has 2 aromatic rings. The van der Waals surface area contributed by atoms with Gasteiger partial charge in [-0.2, -0.15) is 0 Å². The Balaban J connectivity index is 0.000000347. The summed E-state index contributed by atoms with van der Waals surface area (Å²) in [5.74, 6) is 0.576. The summed E-state index contributed by atoms with van der Waals surface area (Å²) in [6, 6.07) is 13.4. The first-order chi connectivity index (χ1) is 9.72. The molecule has 0 aromatic heterocycles. The van der Waals surface area contributed by atoms with E-state index < -0.39 is 6.09 Å². The largest absolute Gasteiger partial charge is 0.412 e. The summed E-state index contributed by atoms with van der Waals surface area (Å²) < 4.78 is 9.96. The molecule has 108 valence electrons. The Morgan fingerprint density at radius 3 is 2.30 bits per heavy atom. The number of ether oxygens (including phenoxy) is 2. The van der Waals surface area contributed by atoms with Gasteiger partial charge < -0.3 is 14.8 Å². The zero-order valence-corrected chi connectivity index (χ0v) is 12.2. The van der Waals surface area contributed by atoms with Crippen molar-refractivity contribution in [3.8, 4) is 5.75 Å². The van der Waals surface area contributed by atoms with Crippen molar-refractivity contribution in [3.05, 3.63) is 42.5 Å². The van der Waals surface area contributed by atoms with Crippen LogP contribution in [0.3, 0.4) is 0 Å². The van der Waals surface area contributed by atoms with E-state index >= 15 is 0 Å². The first kappa shape index (κ1) is 16.0. The Hall–Kier alpha value is -2.07. The molecule has 1 amide bonds. The van der Waals surface area contributed by atoms with Crippen LogP contribution in [0.15, 0.2) is 42.5 Å². The van der Waals surface area contributed by atoms with Crippen molar-refractivity contribution in [1.82, 2.24) is 5.32 Å². The van der Waals surface area contributed by atoms with Crippen LogP contribution in [0.5, 0.6) is 5.75 Å². The summed E-state index contributed by atoms with van der Waals surface area (Å²) in [5, 5.41) is 4.41. The van der Waals surface area contributed by atoms with Crippen LogP contribution in [0, 0.1) is 0 Å². The molecule has 4 nitrogen and oxygen atoms in total. The molecule has 0 spiro atoms. The van der Waals surface area contributed by atoms with Gasteiger partial charge >= 0.3 is 6.09 Å². The number of carbonyl (C=O) groups excluding carboxylic acids is 1. The Bertz CT molecular complexity index is 533. The van der Waals surface area contributed by atoms with Crippen molar-refractivity contribution in [1.29, 1.82) is 0 Å². The third kappa shape index (κ3) is 4.90. The van der Waals surface area contributed by atoms with Gasteiger partial charge in [0.2, 0.25) is 0 Å². The van der Waals surface area contributed by atoms with Crippen LogP contribution in [0.1, 0.15) is 13.8 Å². The molecular weight excluding hydrogens is 254 g/mol. The van der Waals surface area contributed by atoms with Crippen LogP contribution in [0.25, 0.3) is 10.8 Å². The molecule has 20 heavy (non-hydrogen) atoms. The summed E-state index contributed by atoms with van der Waals surface area (Å²) in [6.45, 7) is 5.67. The number of fused-ring (bicyclic) bond motifs is 1. The summed E-state index contributed by atoms with van der Waals surface area (Å²) in [7, 11) is 1.54. The first-order valence-corrected chi connectivity index (χ1v) is 6.68. The van der Waals surface area contributed by atoms with E-state index in [2.05, 4.69) is 5.32 Å². The molecular formula is C16H21NO3. The maximum Gasteiger partial charge on any atom is 0.412 e. The van der Waals surface area contributed by atoms with Gasteiger partial charge in [-0.25, -0.2) is 4.79 Å². The predicted octanol–water partition coefficient (Wildman–Crippen LogP) is 3.60. The fourth-order valence-electron chi connectivity index (χ4n) is 1.64. The lowest BCUT2D eigenvalue weighted by Gasteiger charge is -2.06. The summed E-state index contributed by atoms with van der Waals surface area (Å²) in [5.41, 5.74) is 0. The van der Waals surface area contributed by atoms with Crippen molar-refractivity contribution < 1.29 is 14.3 Å². The van der Waals surface area contributed by atoms with Gasteiger partial charge in [0.05, 0.1) is 0 Å². The van der Waals surface area contributed by atoms with Crippen molar-refractivity contribution in [3.63, 3.8) is 0 Å². The molecule has 0 saturated heterocycles. The molecule has 2 aromatic carbocycles. The van der Waals surface area contributed by atoms with Crippen LogP contribution in [0.4, 0.5) is 4.79 Å². The highest BCUT2D eigenvalue weighted by Gasteiger charge is 2.04. The average Bonchev–Trinajstić information content (AvgIpc) is 2.49. The van der Waals surface area contributed by atoms with Gasteiger partial charge in [-0.1, -0.05) is 36.4 Å². The van der Waals surface area contributed by atoms with E-state index in [1.54, 1.807) is 6.07 Å². The molecule has 0 unspecified atom stereocenters. The molecule has 0 aliphatic rings. The third-order valence-electron chi connectivity index (χ3n) is 2.56.